The highest BCUT2D eigenvalue weighted by molar-refractivity contribution is 5.75. The summed E-state index contributed by atoms with van der Waals surface area (Å²) in [4.78, 5) is 11.6. The lowest BCUT2D eigenvalue weighted by Gasteiger charge is -2.12. The number of ether oxygens (including phenoxy) is 1. The lowest BCUT2D eigenvalue weighted by atomic mass is 9.98. The van der Waals surface area contributed by atoms with Gasteiger partial charge in [0.2, 0.25) is 5.91 Å². The molecule has 0 saturated heterocycles. The van der Waals surface area contributed by atoms with E-state index in [1.807, 2.05) is 13.0 Å². The summed E-state index contributed by atoms with van der Waals surface area (Å²) in [5, 5.41) is 2.97. The maximum atomic E-state index is 11.6. The number of benzene rings is 1. The molecule has 0 saturated carbocycles. The maximum absolute atomic E-state index is 11.6. The highest BCUT2D eigenvalue weighted by atomic mass is 16.5. The van der Waals surface area contributed by atoms with Crippen molar-refractivity contribution >= 4 is 5.91 Å². The zero-order valence-corrected chi connectivity index (χ0v) is 12.0. The van der Waals surface area contributed by atoms with Crippen LogP contribution in [0.25, 0.3) is 0 Å². The van der Waals surface area contributed by atoms with Gasteiger partial charge in [-0.25, -0.2) is 0 Å². The van der Waals surface area contributed by atoms with Crippen LogP contribution in [-0.4, -0.2) is 25.7 Å². The van der Waals surface area contributed by atoms with Crippen LogP contribution in [0.4, 0.5) is 0 Å². The number of nitrogens with one attached hydrogen (secondary N) is 1. The molecular weight excluding hydrogens is 238 g/mol. The third-order valence-electron chi connectivity index (χ3n) is 3.16. The monoisotopic (exact) mass is 263 g/mol. The van der Waals surface area contributed by atoms with E-state index in [0.717, 1.165) is 26.0 Å². The van der Waals surface area contributed by atoms with Gasteiger partial charge in [-0.15, -0.1) is 0 Å². The Balaban J connectivity index is 2.11. The molecule has 106 valence electrons. The summed E-state index contributed by atoms with van der Waals surface area (Å²) in [7, 11) is 0. The standard InChI is InChI=1S/C16H25NO2/c1-3-19-13-7-10-16(18)17-12-11-14(2)15-8-5-4-6-9-15/h4-6,8-9,14H,3,7,10-13H2,1-2H3,(H,17,18)/t14-/m1/s1. The second-order valence-corrected chi connectivity index (χ2v) is 4.75. The zero-order chi connectivity index (χ0) is 13.9. The number of amides is 1. The average Bonchev–Trinajstić information content (AvgIpc) is 2.44. The van der Waals surface area contributed by atoms with Crippen LogP contribution < -0.4 is 5.32 Å². The topological polar surface area (TPSA) is 38.3 Å². The zero-order valence-electron chi connectivity index (χ0n) is 12.0. The maximum Gasteiger partial charge on any atom is 0.220 e. The Kier molecular flexibility index (Phi) is 7.91. The van der Waals surface area contributed by atoms with E-state index < -0.39 is 0 Å². The van der Waals surface area contributed by atoms with E-state index in [0.29, 0.717) is 18.9 Å². The molecule has 1 atom stereocenters. The minimum absolute atomic E-state index is 0.125. The van der Waals surface area contributed by atoms with Crippen molar-refractivity contribution in [3.8, 4) is 0 Å². The van der Waals surface area contributed by atoms with E-state index in [4.69, 9.17) is 4.74 Å². The molecule has 0 spiro atoms. The number of carbonyl (C=O) groups is 1. The molecule has 0 aliphatic heterocycles. The van der Waals surface area contributed by atoms with Crippen molar-refractivity contribution in [1.29, 1.82) is 0 Å². The van der Waals surface area contributed by atoms with Crippen LogP contribution >= 0.6 is 0 Å². The Bertz CT molecular complexity index is 351. The molecule has 1 N–H and O–H groups in total. The Hall–Kier alpha value is -1.35. The fourth-order valence-corrected chi connectivity index (χ4v) is 1.94. The molecule has 0 unspecified atom stereocenters. The first-order valence-corrected chi connectivity index (χ1v) is 7.13. The number of rotatable bonds is 9. The second kappa shape index (κ2) is 9.56. The molecule has 0 bridgehead atoms. The Morgan fingerprint density at radius 2 is 2.05 bits per heavy atom. The molecule has 3 nitrogen and oxygen atoms in total. The van der Waals surface area contributed by atoms with E-state index >= 15 is 0 Å². The molecule has 1 aromatic rings. The number of hydrogen-bond donors (Lipinski definition) is 1. The van der Waals surface area contributed by atoms with Gasteiger partial charge in [0.1, 0.15) is 0 Å². The molecule has 1 aromatic carbocycles. The third kappa shape index (κ3) is 6.97. The van der Waals surface area contributed by atoms with E-state index in [2.05, 4.69) is 36.5 Å². The summed E-state index contributed by atoms with van der Waals surface area (Å²) in [5.41, 5.74) is 1.33. The predicted octanol–water partition coefficient (Wildman–Crippen LogP) is 3.11. The third-order valence-corrected chi connectivity index (χ3v) is 3.16. The van der Waals surface area contributed by atoms with E-state index in [9.17, 15) is 4.79 Å². The van der Waals surface area contributed by atoms with Crippen molar-refractivity contribution < 1.29 is 9.53 Å². The molecule has 0 fully saturated rings. The van der Waals surface area contributed by atoms with E-state index in [1.165, 1.54) is 5.56 Å². The normalized spacial score (nSPS) is 12.1. The van der Waals surface area contributed by atoms with Crippen LogP contribution in [0.1, 0.15) is 44.6 Å². The van der Waals surface area contributed by atoms with Crippen molar-refractivity contribution in [2.24, 2.45) is 0 Å². The van der Waals surface area contributed by atoms with Crippen molar-refractivity contribution in [3.63, 3.8) is 0 Å². The number of hydrogen-bond acceptors (Lipinski definition) is 2. The lowest BCUT2D eigenvalue weighted by Crippen LogP contribution is -2.25. The number of carbonyl (C=O) groups excluding carboxylic acids is 1. The van der Waals surface area contributed by atoms with E-state index in [-0.39, 0.29) is 5.91 Å². The summed E-state index contributed by atoms with van der Waals surface area (Å²) in [6.07, 6.45) is 2.33. The van der Waals surface area contributed by atoms with Crippen LogP contribution in [0, 0.1) is 0 Å². The summed E-state index contributed by atoms with van der Waals surface area (Å²) in [5.74, 6) is 0.602. The van der Waals surface area contributed by atoms with Crippen molar-refractivity contribution in [1.82, 2.24) is 5.32 Å². The predicted molar refractivity (Wildman–Crippen MR) is 78.2 cm³/mol. The quantitative estimate of drug-likeness (QED) is 0.695. The molecule has 1 amide bonds. The van der Waals surface area contributed by atoms with Crippen molar-refractivity contribution in [2.75, 3.05) is 19.8 Å². The smallest absolute Gasteiger partial charge is 0.220 e. The van der Waals surface area contributed by atoms with Gasteiger partial charge in [-0.2, -0.15) is 0 Å². The molecule has 0 aromatic heterocycles. The van der Waals surface area contributed by atoms with Crippen LogP contribution in [0.5, 0.6) is 0 Å². The molecule has 0 aliphatic carbocycles. The molecule has 1 rings (SSSR count). The van der Waals surface area contributed by atoms with Crippen LogP contribution in [-0.2, 0) is 9.53 Å². The van der Waals surface area contributed by atoms with Crippen LogP contribution in [0.3, 0.4) is 0 Å². The molecule has 0 aliphatic rings. The Morgan fingerprint density at radius 1 is 1.32 bits per heavy atom. The van der Waals surface area contributed by atoms with Gasteiger partial charge in [0.05, 0.1) is 0 Å². The first kappa shape index (κ1) is 15.7. The van der Waals surface area contributed by atoms with Gasteiger partial charge in [0, 0.05) is 26.2 Å². The Morgan fingerprint density at radius 3 is 2.74 bits per heavy atom. The van der Waals surface area contributed by atoms with Gasteiger partial charge in [-0.1, -0.05) is 37.3 Å². The summed E-state index contributed by atoms with van der Waals surface area (Å²) in [6.45, 7) is 6.28. The van der Waals surface area contributed by atoms with Gasteiger partial charge in [0.25, 0.3) is 0 Å². The molecule has 3 heteroatoms. The summed E-state index contributed by atoms with van der Waals surface area (Å²) >= 11 is 0. The fraction of sp³-hybridized carbons (Fsp3) is 0.562. The average molecular weight is 263 g/mol. The Labute approximate surface area is 116 Å². The van der Waals surface area contributed by atoms with Crippen LogP contribution in [0.15, 0.2) is 30.3 Å². The van der Waals surface area contributed by atoms with Crippen molar-refractivity contribution in [3.05, 3.63) is 35.9 Å². The van der Waals surface area contributed by atoms with Gasteiger partial charge in [-0.3, -0.25) is 4.79 Å². The minimum Gasteiger partial charge on any atom is -0.382 e. The van der Waals surface area contributed by atoms with Gasteiger partial charge in [-0.05, 0) is 31.2 Å². The van der Waals surface area contributed by atoms with Crippen LogP contribution in [0.2, 0.25) is 0 Å². The largest absolute Gasteiger partial charge is 0.382 e. The summed E-state index contributed by atoms with van der Waals surface area (Å²) in [6, 6.07) is 10.4. The first-order chi connectivity index (χ1) is 9.24. The molecule has 0 radical (unpaired) electrons. The van der Waals surface area contributed by atoms with Gasteiger partial charge in [0.15, 0.2) is 0 Å². The van der Waals surface area contributed by atoms with Crippen molar-refractivity contribution in [2.45, 2.75) is 39.0 Å². The highest BCUT2D eigenvalue weighted by Gasteiger charge is 2.06. The lowest BCUT2D eigenvalue weighted by molar-refractivity contribution is -0.121. The second-order valence-electron chi connectivity index (χ2n) is 4.75. The first-order valence-electron chi connectivity index (χ1n) is 7.13. The molecule has 19 heavy (non-hydrogen) atoms. The molecule has 0 heterocycles. The van der Waals surface area contributed by atoms with Gasteiger partial charge < -0.3 is 10.1 Å². The SMILES string of the molecule is CCOCCCC(=O)NCC[C@@H](C)c1ccccc1. The highest BCUT2D eigenvalue weighted by Crippen LogP contribution is 2.17. The summed E-state index contributed by atoms with van der Waals surface area (Å²) < 4.78 is 5.20. The van der Waals surface area contributed by atoms with Gasteiger partial charge >= 0.3 is 0 Å². The fourth-order valence-electron chi connectivity index (χ4n) is 1.94. The minimum atomic E-state index is 0.125. The van der Waals surface area contributed by atoms with E-state index in [1.54, 1.807) is 0 Å². The molecular formula is C16H25NO2.